The first-order valence-electron chi connectivity index (χ1n) is 10.0. The number of aryl methyl sites for hydroxylation is 1. The smallest absolute Gasteiger partial charge is 0.227 e. The van der Waals surface area contributed by atoms with E-state index in [0.29, 0.717) is 16.7 Å². The minimum atomic E-state index is -0.491. The van der Waals surface area contributed by atoms with Crippen LogP contribution >= 0.6 is 24.0 Å². The minimum Gasteiger partial charge on any atom is -0.368 e. The zero-order valence-electron chi connectivity index (χ0n) is 17.7. The summed E-state index contributed by atoms with van der Waals surface area (Å²) < 4.78 is 16.5. The summed E-state index contributed by atoms with van der Waals surface area (Å²) in [6.45, 7) is 9.66. The van der Waals surface area contributed by atoms with Crippen molar-refractivity contribution < 1.29 is 4.39 Å². The third-order valence-corrected chi connectivity index (χ3v) is 5.45. The largest absolute Gasteiger partial charge is 0.368 e. The minimum absolute atomic E-state index is 0. The molecule has 0 aliphatic carbocycles. The van der Waals surface area contributed by atoms with E-state index in [4.69, 9.17) is 11.6 Å². The van der Waals surface area contributed by atoms with E-state index in [0.717, 1.165) is 43.4 Å². The van der Waals surface area contributed by atoms with Crippen LogP contribution in [0.25, 0.3) is 11.4 Å². The second-order valence-corrected chi connectivity index (χ2v) is 7.98. The van der Waals surface area contributed by atoms with Gasteiger partial charge in [-0.05, 0) is 39.0 Å². The van der Waals surface area contributed by atoms with Gasteiger partial charge in [0, 0.05) is 37.9 Å². The van der Waals surface area contributed by atoms with E-state index in [2.05, 4.69) is 30.5 Å². The molecule has 0 atom stereocenters. The highest BCUT2D eigenvalue weighted by molar-refractivity contribution is 6.33. The molecule has 3 heterocycles. The molecule has 10 heteroatoms. The van der Waals surface area contributed by atoms with Crippen molar-refractivity contribution in [3.05, 3.63) is 47.3 Å². The lowest BCUT2D eigenvalue weighted by Crippen LogP contribution is -2.43. The van der Waals surface area contributed by atoms with Gasteiger partial charge in [0.05, 0.1) is 28.8 Å². The molecule has 0 amide bonds. The van der Waals surface area contributed by atoms with Crippen LogP contribution in [0.2, 0.25) is 5.02 Å². The fourth-order valence-electron chi connectivity index (χ4n) is 3.76. The third-order valence-electron chi connectivity index (χ3n) is 5.15. The Morgan fingerprint density at radius 3 is 2.58 bits per heavy atom. The molecule has 7 nitrogen and oxygen atoms in total. The maximum atomic E-state index is 14.5. The maximum Gasteiger partial charge on any atom is 0.227 e. The molecule has 2 aromatic heterocycles. The summed E-state index contributed by atoms with van der Waals surface area (Å²) in [6.07, 6.45) is 2.82. The lowest BCUT2D eigenvalue weighted by molar-refractivity contribution is 0.578. The Hall–Kier alpha value is -2.42. The fourth-order valence-corrected chi connectivity index (χ4v) is 4.06. The molecule has 31 heavy (non-hydrogen) atoms. The van der Waals surface area contributed by atoms with Crippen molar-refractivity contribution in [1.29, 1.82) is 0 Å². The van der Waals surface area contributed by atoms with Crippen molar-refractivity contribution in [3.63, 3.8) is 0 Å². The Bertz CT molecular complexity index is 1050. The molecule has 3 aromatic rings. The zero-order valence-corrected chi connectivity index (χ0v) is 19.3. The number of piperazine rings is 1. The number of halogens is 3. The van der Waals surface area contributed by atoms with Gasteiger partial charge in [0.25, 0.3) is 0 Å². The van der Waals surface area contributed by atoms with E-state index < -0.39 is 5.82 Å². The summed E-state index contributed by atoms with van der Waals surface area (Å²) in [5, 5.41) is 7.12. The lowest BCUT2D eigenvalue weighted by Gasteiger charge is -2.30. The van der Waals surface area contributed by atoms with Crippen LogP contribution in [0.3, 0.4) is 0 Å². The Labute approximate surface area is 192 Å². The second kappa shape index (κ2) is 9.80. The Balaban J connectivity index is 0.00000272. The van der Waals surface area contributed by atoms with E-state index in [1.54, 1.807) is 6.20 Å². The van der Waals surface area contributed by atoms with Crippen molar-refractivity contribution in [2.45, 2.75) is 26.8 Å². The number of nitrogens with one attached hydrogen (secondary N) is 2. The molecule has 0 radical (unpaired) electrons. The van der Waals surface area contributed by atoms with Crippen molar-refractivity contribution in [2.75, 3.05) is 36.4 Å². The summed E-state index contributed by atoms with van der Waals surface area (Å²) in [5.74, 6) is 0.615. The Morgan fingerprint density at radius 2 is 1.90 bits per heavy atom. The SMILES string of the molecule is Cc1ncc(-c2nc(Nc3ccc(N4CCNCC4)c(Cl)c3)ncc2F)n1C(C)C.Cl. The molecule has 0 bridgehead atoms. The zero-order chi connectivity index (χ0) is 21.3. The number of benzene rings is 1. The predicted molar refractivity (Wildman–Crippen MR) is 125 cm³/mol. The highest BCUT2D eigenvalue weighted by atomic mass is 35.5. The van der Waals surface area contributed by atoms with E-state index in [-0.39, 0.29) is 24.1 Å². The molecule has 166 valence electrons. The Kier molecular flexibility index (Phi) is 7.35. The van der Waals surface area contributed by atoms with Crippen LogP contribution in [-0.2, 0) is 0 Å². The van der Waals surface area contributed by atoms with Gasteiger partial charge in [-0.3, -0.25) is 0 Å². The summed E-state index contributed by atoms with van der Waals surface area (Å²) in [4.78, 5) is 15.1. The van der Waals surface area contributed by atoms with Gasteiger partial charge in [-0.15, -0.1) is 12.4 Å². The van der Waals surface area contributed by atoms with Gasteiger partial charge < -0.3 is 20.1 Å². The third kappa shape index (κ3) is 4.92. The standard InChI is InChI=1S/C21H25ClFN7.ClH/c1-13(2)30-14(3)25-12-19(30)20-17(23)11-26-21(28-20)27-15-4-5-18(16(22)10-15)29-8-6-24-7-9-29;/h4-5,10-13,24H,6-9H2,1-3H3,(H,26,27,28);1H. The summed E-state index contributed by atoms with van der Waals surface area (Å²) in [5.41, 5.74) is 2.58. The number of hydrogen-bond acceptors (Lipinski definition) is 6. The molecule has 1 aromatic carbocycles. The highest BCUT2D eigenvalue weighted by Gasteiger charge is 2.18. The summed E-state index contributed by atoms with van der Waals surface area (Å²) in [7, 11) is 0. The van der Waals surface area contributed by atoms with Gasteiger partial charge in [0.2, 0.25) is 5.95 Å². The lowest BCUT2D eigenvalue weighted by atomic mass is 10.2. The molecule has 0 spiro atoms. The van der Waals surface area contributed by atoms with Gasteiger partial charge in [0.1, 0.15) is 11.5 Å². The van der Waals surface area contributed by atoms with Crippen molar-refractivity contribution >= 4 is 41.3 Å². The topological polar surface area (TPSA) is 70.9 Å². The first-order chi connectivity index (χ1) is 14.4. The first kappa shape index (κ1) is 23.2. The monoisotopic (exact) mass is 465 g/mol. The number of rotatable bonds is 5. The maximum absolute atomic E-state index is 14.5. The molecular formula is C21H26Cl2FN7. The number of imidazole rings is 1. The van der Waals surface area contributed by atoms with Crippen LogP contribution in [0, 0.1) is 12.7 Å². The predicted octanol–water partition coefficient (Wildman–Crippen LogP) is 4.60. The number of hydrogen-bond donors (Lipinski definition) is 2. The van der Waals surface area contributed by atoms with Crippen LogP contribution in [0.15, 0.2) is 30.6 Å². The normalized spacial score (nSPS) is 13.9. The number of anilines is 3. The first-order valence-corrected chi connectivity index (χ1v) is 10.4. The molecule has 1 aliphatic heterocycles. The second-order valence-electron chi connectivity index (χ2n) is 7.57. The van der Waals surface area contributed by atoms with Crippen LogP contribution in [0.1, 0.15) is 25.7 Å². The highest BCUT2D eigenvalue weighted by Crippen LogP contribution is 2.31. The molecule has 2 N–H and O–H groups in total. The number of aromatic nitrogens is 4. The average molecular weight is 466 g/mol. The van der Waals surface area contributed by atoms with Gasteiger partial charge in [-0.1, -0.05) is 11.6 Å². The quantitative estimate of drug-likeness (QED) is 0.573. The average Bonchev–Trinajstić information content (AvgIpc) is 3.12. The van der Waals surface area contributed by atoms with E-state index >= 15 is 0 Å². The van der Waals surface area contributed by atoms with Crippen LogP contribution in [-0.4, -0.2) is 45.7 Å². The molecule has 0 saturated carbocycles. The molecule has 4 rings (SSSR count). The molecule has 1 aliphatic rings. The van der Waals surface area contributed by atoms with Crippen LogP contribution < -0.4 is 15.5 Å². The molecule has 1 saturated heterocycles. The number of nitrogens with zero attached hydrogens (tertiary/aromatic N) is 5. The Morgan fingerprint density at radius 1 is 1.16 bits per heavy atom. The summed E-state index contributed by atoms with van der Waals surface area (Å²) in [6, 6.07) is 5.88. The van der Waals surface area contributed by atoms with Crippen molar-refractivity contribution in [1.82, 2.24) is 24.8 Å². The molecule has 0 unspecified atom stereocenters. The fraction of sp³-hybridized carbons (Fsp3) is 0.381. The van der Waals surface area contributed by atoms with Gasteiger partial charge in [0.15, 0.2) is 5.82 Å². The molecule has 1 fully saturated rings. The van der Waals surface area contributed by atoms with E-state index in [1.807, 2.05) is 43.5 Å². The molecular weight excluding hydrogens is 440 g/mol. The van der Waals surface area contributed by atoms with E-state index in [1.165, 1.54) is 6.20 Å². The van der Waals surface area contributed by atoms with Crippen molar-refractivity contribution in [2.24, 2.45) is 0 Å². The van der Waals surface area contributed by atoms with Gasteiger partial charge in [-0.2, -0.15) is 0 Å². The van der Waals surface area contributed by atoms with Gasteiger partial charge >= 0.3 is 0 Å². The summed E-state index contributed by atoms with van der Waals surface area (Å²) >= 11 is 6.53. The van der Waals surface area contributed by atoms with Crippen molar-refractivity contribution in [3.8, 4) is 11.4 Å². The van der Waals surface area contributed by atoms with Crippen LogP contribution in [0.4, 0.5) is 21.7 Å². The van der Waals surface area contributed by atoms with Crippen LogP contribution in [0.5, 0.6) is 0 Å². The van der Waals surface area contributed by atoms with E-state index in [9.17, 15) is 4.39 Å². The van der Waals surface area contributed by atoms with Gasteiger partial charge in [-0.25, -0.2) is 19.3 Å².